The molecule has 2 aromatic rings. The van der Waals surface area contributed by atoms with Gasteiger partial charge in [-0.2, -0.15) is 5.11 Å². The third-order valence-corrected chi connectivity index (χ3v) is 2.46. The van der Waals surface area contributed by atoms with E-state index in [9.17, 15) is 4.79 Å². The zero-order valence-electron chi connectivity index (χ0n) is 9.73. The fourth-order valence-electron chi connectivity index (χ4n) is 1.39. The molecule has 0 aliphatic carbocycles. The quantitative estimate of drug-likeness (QED) is 0.823. The van der Waals surface area contributed by atoms with Crippen molar-refractivity contribution in [2.45, 2.75) is 20.3 Å². The van der Waals surface area contributed by atoms with Crippen LogP contribution in [0.1, 0.15) is 18.2 Å². The number of aryl methyl sites for hydroxylation is 2. The van der Waals surface area contributed by atoms with E-state index in [4.69, 9.17) is 0 Å². The summed E-state index contributed by atoms with van der Waals surface area (Å²) in [6.45, 7) is 3.80. The van der Waals surface area contributed by atoms with E-state index in [0.29, 0.717) is 11.4 Å². The Bertz CT molecular complexity index is 579. The normalized spacial score (nSPS) is 11.2. The molecule has 0 saturated carbocycles. The van der Waals surface area contributed by atoms with Crippen molar-refractivity contribution >= 4 is 11.4 Å². The minimum absolute atomic E-state index is 0.213. The summed E-state index contributed by atoms with van der Waals surface area (Å²) >= 11 is 0. The van der Waals surface area contributed by atoms with Crippen molar-refractivity contribution in [2.24, 2.45) is 10.2 Å². The zero-order valence-corrected chi connectivity index (χ0v) is 9.73. The average molecular weight is 231 g/mol. The maximum absolute atomic E-state index is 11.2. The van der Waals surface area contributed by atoms with Crippen molar-refractivity contribution < 1.29 is 4.52 Å². The Kier molecular flexibility index (Phi) is 3.18. The van der Waals surface area contributed by atoms with Gasteiger partial charge in [-0.3, -0.25) is 0 Å². The number of H-pyrrole nitrogens is 1. The third-order valence-electron chi connectivity index (χ3n) is 2.46. The van der Waals surface area contributed by atoms with Crippen LogP contribution in [0.5, 0.6) is 0 Å². The van der Waals surface area contributed by atoms with Crippen LogP contribution in [0, 0.1) is 6.92 Å². The van der Waals surface area contributed by atoms with Gasteiger partial charge in [0.15, 0.2) is 5.69 Å². The predicted octanol–water partition coefficient (Wildman–Crippen LogP) is 3.25. The van der Waals surface area contributed by atoms with Gasteiger partial charge in [0, 0.05) is 0 Å². The van der Waals surface area contributed by atoms with E-state index >= 15 is 0 Å². The van der Waals surface area contributed by atoms with Gasteiger partial charge < -0.3 is 4.52 Å². The minimum Gasteiger partial charge on any atom is -0.336 e. The van der Waals surface area contributed by atoms with Gasteiger partial charge in [0.05, 0.1) is 11.4 Å². The van der Waals surface area contributed by atoms with Crippen LogP contribution in [0.15, 0.2) is 43.8 Å². The molecular weight excluding hydrogens is 218 g/mol. The van der Waals surface area contributed by atoms with E-state index in [1.54, 1.807) is 6.92 Å². The van der Waals surface area contributed by atoms with Gasteiger partial charge in [0.25, 0.3) is 0 Å². The maximum Gasteiger partial charge on any atom is 0.384 e. The summed E-state index contributed by atoms with van der Waals surface area (Å²) in [5.41, 5.74) is 2.23. The molecule has 0 atom stereocenters. The van der Waals surface area contributed by atoms with Gasteiger partial charge in [0.1, 0.15) is 0 Å². The molecule has 2 rings (SSSR count). The first-order valence-electron chi connectivity index (χ1n) is 5.39. The van der Waals surface area contributed by atoms with E-state index in [1.807, 2.05) is 24.3 Å². The smallest absolute Gasteiger partial charge is 0.336 e. The molecule has 0 fully saturated rings. The highest BCUT2D eigenvalue weighted by Crippen LogP contribution is 2.18. The van der Waals surface area contributed by atoms with Crippen molar-refractivity contribution in [1.29, 1.82) is 0 Å². The summed E-state index contributed by atoms with van der Waals surface area (Å²) < 4.78 is 4.59. The SMILES string of the molecule is CCc1ccc(N=Nc2c(C)[nH]oc2=O)cc1. The summed E-state index contributed by atoms with van der Waals surface area (Å²) in [7, 11) is 0. The van der Waals surface area contributed by atoms with Gasteiger partial charge in [-0.25, -0.2) is 9.95 Å². The van der Waals surface area contributed by atoms with Gasteiger partial charge >= 0.3 is 5.63 Å². The number of aromatic nitrogens is 1. The van der Waals surface area contributed by atoms with Crippen molar-refractivity contribution in [2.75, 3.05) is 0 Å². The average Bonchev–Trinajstić information content (AvgIpc) is 2.67. The molecule has 1 aromatic carbocycles. The van der Waals surface area contributed by atoms with E-state index < -0.39 is 5.63 Å². The molecule has 1 N–H and O–H groups in total. The highest BCUT2D eigenvalue weighted by Gasteiger charge is 2.06. The molecule has 0 unspecified atom stereocenters. The van der Waals surface area contributed by atoms with Crippen LogP contribution >= 0.6 is 0 Å². The highest BCUT2D eigenvalue weighted by atomic mass is 16.5. The summed E-state index contributed by atoms with van der Waals surface area (Å²) in [5, 5.41) is 10.3. The second-order valence-electron chi connectivity index (χ2n) is 3.69. The number of benzene rings is 1. The Morgan fingerprint density at radius 1 is 1.24 bits per heavy atom. The van der Waals surface area contributed by atoms with E-state index in [0.717, 1.165) is 6.42 Å². The molecule has 1 aromatic heterocycles. The monoisotopic (exact) mass is 231 g/mol. The Morgan fingerprint density at radius 3 is 2.47 bits per heavy atom. The molecule has 0 aliphatic heterocycles. The number of rotatable bonds is 3. The van der Waals surface area contributed by atoms with Crippen molar-refractivity contribution in [3.8, 4) is 0 Å². The van der Waals surface area contributed by atoms with Crippen LogP contribution in [-0.4, -0.2) is 5.16 Å². The number of azo groups is 1. The molecule has 0 bridgehead atoms. The summed E-state index contributed by atoms with van der Waals surface area (Å²) in [4.78, 5) is 11.2. The molecule has 0 aliphatic rings. The maximum atomic E-state index is 11.2. The van der Waals surface area contributed by atoms with Crippen LogP contribution in [0.3, 0.4) is 0 Å². The number of aromatic amines is 1. The zero-order chi connectivity index (χ0) is 12.3. The minimum atomic E-state index is -0.503. The van der Waals surface area contributed by atoms with Gasteiger partial charge in [-0.15, -0.1) is 5.11 Å². The Labute approximate surface area is 98.2 Å². The fraction of sp³-hybridized carbons (Fsp3) is 0.250. The molecule has 0 spiro atoms. The third kappa shape index (κ3) is 2.50. The number of nitrogens with zero attached hydrogens (tertiary/aromatic N) is 2. The standard InChI is InChI=1S/C12H13N3O2/c1-3-9-4-6-10(7-5-9)13-14-11-8(2)15-17-12(11)16/h4-7,15H,3H2,1-2H3. The van der Waals surface area contributed by atoms with Gasteiger partial charge in [-0.1, -0.05) is 19.1 Å². The summed E-state index contributed by atoms with van der Waals surface area (Å²) in [6.07, 6.45) is 0.984. The molecule has 5 heteroatoms. The van der Waals surface area contributed by atoms with Crippen LogP contribution < -0.4 is 5.63 Å². The molecule has 5 nitrogen and oxygen atoms in total. The first-order chi connectivity index (χ1) is 8.20. The lowest BCUT2D eigenvalue weighted by Crippen LogP contribution is -1.89. The first kappa shape index (κ1) is 11.3. The van der Waals surface area contributed by atoms with E-state index in [-0.39, 0.29) is 5.69 Å². The van der Waals surface area contributed by atoms with E-state index in [1.165, 1.54) is 5.56 Å². The van der Waals surface area contributed by atoms with Crippen LogP contribution in [0.2, 0.25) is 0 Å². The lowest BCUT2D eigenvalue weighted by molar-refractivity contribution is 0.388. The van der Waals surface area contributed by atoms with E-state index in [2.05, 4.69) is 26.8 Å². The second-order valence-corrected chi connectivity index (χ2v) is 3.69. The topological polar surface area (TPSA) is 70.7 Å². The molecule has 0 amide bonds. The Hall–Kier alpha value is -2.17. The fourth-order valence-corrected chi connectivity index (χ4v) is 1.39. The Morgan fingerprint density at radius 2 is 1.94 bits per heavy atom. The summed E-state index contributed by atoms with van der Waals surface area (Å²) in [5.74, 6) is 0. The molecule has 88 valence electrons. The lowest BCUT2D eigenvalue weighted by Gasteiger charge is -1.95. The van der Waals surface area contributed by atoms with Gasteiger partial charge in [0.2, 0.25) is 0 Å². The highest BCUT2D eigenvalue weighted by molar-refractivity contribution is 5.41. The molecule has 0 radical (unpaired) electrons. The largest absolute Gasteiger partial charge is 0.384 e. The molecule has 1 heterocycles. The first-order valence-corrected chi connectivity index (χ1v) is 5.39. The molecule has 17 heavy (non-hydrogen) atoms. The van der Waals surface area contributed by atoms with Crippen molar-refractivity contribution in [3.63, 3.8) is 0 Å². The molecule has 0 saturated heterocycles. The predicted molar refractivity (Wildman–Crippen MR) is 64.1 cm³/mol. The van der Waals surface area contributed by atoms with Crippen molar-refractivity contribution in [3.05, 3.63) is 45.9 Å². The number of hydrogen-bond acceptors (Lipinski definition) is 4. The Balaban J connectivity index is 2.23. The van der Waals surface area contributed by atoms with Gasteiger partial charge in [-0.05, 0) is 31.0 Å². The van der Waals surface area contributed by atoms with Crippen LogP contribution in [-0.2, 0) is 6.42 Å². The van der Waals surface area contributed by atoms with Crippen LogP contribution in [0.4, 0.5) is 11.4 Å². The summed E-state index contributed by atoms with van der Waals surface area (Å²) in [6, 6.07) is 7.71. The van der Waals surface area contributed by atoms with Crippen LogP contribution in [0.25, 0.3) is 0 Å². The van der Waals surface area contributed by atoms with Crippen molar-refractivity contribution in [1.82, 2.24) is 5.16 Å². The second kappa shape index (κ2) is 4.78. The lowest BCUT2D eigenvalue weighted by atomic mass is 10.2. The molecular formula is C12H13N3O2. The number of nitrogens with one attached hydrogen (secondary N) is 1. The number of hydrogen-bond donors (Lipinski definition) is 1.